The standard InChI is InChI=1S/C19H24N2O5S/c1-5-21-11-14(17(23)24)16(22)13-7-6-12(10-15(13)21)27-9-8-20-18(25)26-19(2,3)4/h6-7,10-11H,5,8-9H2,1-4H3,(H,20,25)(H,23,24). The Hall–Kier alpha value is -2.48. The summed E-state index contributed by atoms with van der Waals surface area (Å²) in [5, 5.41) is 12.3. The monoisotopic (exact) mass is 392 g/mol. The Balaban J connectivity index is 2.10. The molecule has 0 aliphatic rings. The summed E-state index contributed by atoms with van der Waals surface area (Å²) in [6, 6.07) is 5.30. The van der Waals surface area contributed by atoms with E-state index in [1.807, 2.05) is 13.0 Å². The predicted molar refractivity (Wildman–Crippen MR) is 106 cm³/mol. The number of hydrogen-bond acceptors (Lipinski definition) is 5. The molecule has 1 aromatic carbocycles. The molecule has 0 fully saturated rings. The normalized spacial score (nSPS) is 11.4. The van der Waals surface area contributed by atoms with Crippen molar-refractivity contribution in [2.24, 2.45) is 0 Å². The van der Waals surface area contributed by atoms with Crippen molar-refractivity contribution in [2.45, 2.75) is 44.7 Å². The average Bonchev–Trinajstić information content (AvgIpc) is 2.57. The van der Waals surface area contributed by atoms with Gasteiger partial charge in [-0.15, -0.1) is 11.8 Å². The number of aromatic carboxylic acids is 1. The van der Waals surface area contributed by atoms with Gasteiger partial charge in [0.05, 0.1) is 5.52 Å². The molecule has 0 aliphatic heterocycles. The number of carbonyl (C=O) groups is 2. The zero-order chi connectivity index (χ0) is 20.2. The van der Waals surface area contributed by atoms with Gasteiger partial charge in [0.25, 0.3) is 0 Å². The molecule has 8 heteroatoms. The number of benzene rings is 1. The highest BCUT2D eigenvalue weighted by atomic mass is 32.2. The third kappa shape index (κ3) is 5.50. The first-order chi connectivity index (χ1) is 12.6. The van der Waals surface area contributed by atoms with Crippen LogP contribution < -0.4 is 10.7 Å². The third-order valence-corrected chi connectivity index (χ3v) is 4.66. The Kier molecular flexibility index (Phi) is 6.54. The van der Waals surface area contributed by atoms with Gasteiger partial charge >= 0.3 is 12.1 Å². The Morgan fingerprint density at radius 2 is 2.00 bits per heavy atom. The molecule has 0 aliphatic carbocycles. The van der Waals surface area contributed by atoms with Gasteiger partial charge < -0.3 is 19.7 Å². The van der Waals surface area contributed by atoms with Crippen molar-refractivity contribution in [3.63, 3.8) is 0 Å². The molecule has 1 amide bonds. The van der Waals surface area contributed by atoms with E-state index in [1.54, 1.807) is 37.5 Å². The number of fused-ring (bicyclic) bond motifs is 1. The largest absolute Gasteiger partial charge is 0.477 e. The van der Waals surface area contributed by atoms with Crippen LogP contribution in [-0.2, 0) is 11.3 Å². The molecule has 0 saturated carbocycles. The number of aromatic nitrogens is 1. The number of amides is 1. The molecule has 0 spiro atoms. The molecule has 146 valence electrons. The lowest BCUT2D eigenvalue weighted by Gasteiger charge is -2.19. The molecule has 2 rings (SSSR count). The number of carboxylic acid groups (broad SMARTS) is 1. The van der Waals surface area contributed by atoms with Crippen molar-refractivity contribution in [3.8, 4) is 0 Å². The van der Waals surface area contributed by atoms with Gasteiger partial charge in [0.15, 0.2) is 0 Å². The molecule has 2 N–H and O–H groups in total. The minimum atomic E-state index is -1.23. The Bertz CT molecular complexity index is 915. The van der Waals surface area contributed by atoms with E-state index in [2.05, 4.69) is 5.32 Å². The second-order valence-electron chi connectivity index (χ2n) is 6.92. The maximum Gasteiger partial charge on any atom is 0.407 e. The van der Waals surface area contributed by atoms with Crippen LogP contribution in [0.4, 0.5) is 4.79 Å². The average molecular weight is 392 g/mol. The van der Waals surface area contributed by atoms with E-state index in [0.29, 0.717) is 29.7 Å². The fourth-order valence-electron chi connectivity index (χ4n) is 2.51. The van der Waals surface area contributed by atoms with E-state index < -0.39 is 23.1 Å². The summed E-state index contributed by atoms with van der Waals surface area (Å²) in [5.74, 6) is -0.593. The van der Waals surface area contributed by atoms with Crippen LogP contribution in [0.5, 0.6) is 0 Å². The molecular weight excluding hydrogens is 368 g/mol. The summed E-state index contributed by atoms with van der Waals surface area (Å²) in [4.78, 5) is 36.1. The Morgan fingerprint density at radius 3 is 2.59 bits per heavy atom. The van der Waals surface area contributed by atoms with Crippen LogP contribution in [0, 0.1) is 0 Å². The number of rotatable bonds is 6. The quantitative estimate of drug-likeness (QED) is 0.578. The molecule has 0 radical (unpaired) electrons. The third-order valence-electron chi connectivity index (χ3n) is 3.66. The highest BCUT2D eigenvalue weighted by Crippen LogP contribution is 2.22. The zero-order valence-corrected chi connectivity index (χ0v) is 16.7. The number of alkyl carbamates (subject to hydrolysis) is 1. The first-order valence-electron chi connectivity index (χ1n) is 8.62. The van der Waals surface area contributed by atoms with Gasteiger partial charge in [-0.25, -0.2) is 9.59 Å². The summed E-state index contributed by atoms with van der Waals surface area (Å²) >= 11 is 1.53. The van der Waals surface area contributed by atoms with E-state index in [0.717, 1.165) is 4.90 Å². The van der Waals surface area contributed by atoms with Gasteiger partial charge in [-0.05, 0) is 45.9 Å². The Morgan fingerprint density at radius 1 is 1.30 bits per heavy atom. The first-order valence-corrected chi connectivity index (χ1v) is 9.61. The fourth-order valence-corrected chi connectivity index (χ4v) is 3.31. The van der Waals surface area contributed by atoms with Crippen molar-refractivity contribution in [2.75, 3.05) is 12.3 Å². The van der Waals surface area contributed by atoms with Crippen LogP contribution in [0.25, 0.3) is 10.9 Å². The lowest BCUT2D eigenvalue weighted by molar-refractivity contribution is 0.0530. The molecule has 1 heterocycles. The van der Waals surface area contributed by atoms with Crippen LogP contribution in [0.2, 0.25) is 0 Å². The summed E-state index contributed by atoms with van der Waals surface area (Å²) in [6.07, 6.45) is 0.925. The van der Waals surface area contributed by atoms with Crippen LogP contribution in [-0.4, -0.2) is 39.6 Å². The molecule has 2 aromatic rings. The van der Waals surface area contributed by atoms with E-state index in [4.69, 9.17) is 4.74 Å². The molecule has 7 nitrogen and oxygen atoms in total. The lowest BCUT2D eigenvalue weighted by atomic mass is 10.1. The molecule has 0 bridgehead atoms. The summed E-state index contributed by atoms with van der Waals surface area (Å²) in [7, 11) is 0. The van der Waals surface area contributed by atoms with Crippen molar-refractivity contribution < 1.29 is 19.4 Å². The number of thioether (sulfide) groups is 1. The smallest absolute Gasteiger partial charge is 0.407 e. The lowest BCUT2D eigenvalue weighted by Crippen LogP contribution is -2.33. The second-order valence-corrected chi connectivity index (χ2v) is 8.09. The van der Waals surface area contributed by atoms with Crippen LogP contribution >= 0.6 is 11.8 Å². The van der Waals surface area contributed by atoms with Gasteiger partial charge in [0, 0.05) is 35.3 Å². The summed E-state index contributed by atoms with van der Waals surface area (Å²) < 4.78 is 6.93. The molecule has 0 saturated heterocycles. The van der Waals surface area contributed by atoms with Crippen LogP contribution in [0.1, 0.15) is 38.1 Å². The maximum atomic E-state index is 12.3. The molecule has 1 aromatic heterocycles. The molecular formula is C19H24N2O5S. The van der Waals surface area contributed by atoms with E-state index >= 15 is 0 Å². The van der Waals surface area contributed by atoms with Gasteiger partial charge in [-0.2, -0.15) is 0 Å². The molecule has 0 unspecified atom stereocenters. The predicted octanol–water partition coefficient (Wildman–Crippen LogP) is 3.34. The zero-order valence-electron chi connectivity index (χ0n) is 15.9. The number of carboxylic acids is 1. The first kappa shape index (κ1) is 20.8. The fraction of sp³-hybridized carbons (Fsp3) is 0.421. The minimum Gasteiger partial charge on any atom is -0.477 e. The van der Waals surface area contributed by atoms with E-state index in [1.165, 1.54) is 18.0 Å². The number of hydrogen-bond donors (Lipinski definition) is 2. The number of pyridine rings is 1. The number of ether oxygens (including phenoxy) is 1. The van der Waals surface area contributed by atoms with Gasteiger partial charge in [-0.1, -0.05) is 0 Å². The number of carbonyl (C=O) groups excluding carboxylic acids is 1. The minimum absolute atomic E-state index is 0.230. The summed E-state index contributed by atoms with van der Waals surface area (Å²) in [5.41, 5.74) is -0.553. The molecule has 0 atom stereocenters. The SMILES string of the molecule is CCn1cc(C(=O)O)c(=O)c2ccc(SCCNC(=O)OC(C)(C)C)cc21. The molecule has 27 heavy (non-hydrogen) atoms. The number of aryl methyl sites for hydroxylation is 1. The second kappa shape index (κ2) is 8.47. The van der Waals surface area contributed by atoms with E-state index in [-0.39, 0.29) is 5.56 Å². The Labute approximate surface area is 161 Å². The van der Waals surface area contributed by atoms with Crippen LogP contribution in [0.15, 0.2) is 34.1 Å². The van der Waals surface area contributed by atoms with Gasteiger partial charge in [0.1, 0.15) is 11.2 Å². The highest BCUT2D eigenvalue weighted by Gasteiger charge is 2.16. The topological polar surface area (TPSA) is 97.6 Å². The van der Waals surface area contributed by atoms with Crippen molar-refractivity contribution >= 4 is 34.7 Å². The van der Waals surface area contributed by atoms with Crippen molar-refractivity contribution in [1.29, 1.82) is 0 Å². The van der Waals surface area contributed by atoms with E-state index in [9.17, 15) is 19.5 Å². The van der Waals surface area contributed by atoms with Gasteiger partial charge in [0.2, 0.25) is 5.43 Å². The maximum absolute atomic E-state index is 12.3. The highest BCUT2D eigenvalue weighted by molar-refractivity contribution is 7.99. The van der Waals surface area contributed by atoms with Crippen molar-refractivity contribution in [3.05, 3.63) is 40.2 Å². The number of nitrogens with zero attached hydrogens (tertiary/aromatic N) is 1. The van der Waals surface area contributed by atoms with Crippen molar-refractivity contribution in [1.82, 2.24) is 9.88 Å². The number of nitrogens with one attached hydrogen (secondary N) is 1. The summed E-state index contributed by atoms with van der Waals surface area (Å²) in [6.45, 7) is 8.29. The van der Waals surface area contributed by atoms with Gasteiger partial charge in [-0.3, -0.25) is 4.79 Å². The van der Waals surface area contributed by atoms with Crippen LogP contribution in [0.3, 0.4) is 0 Å².